The third-order valence-electron chi connectivity index (χ3n) is 4.56. The highest BCUT2D eigenvalue weighted by atomic mass is 16.5. The lowest BCUT2D eigenvalue weighted by atomic mass is 9.99. The van der Waals surface area contributed by atoms with Crippen LogP contribution in [0.1, 0.15) is 48.1 Å². The molecule has 25 heavy (non-hydrogen) atoms. The van der Waals surface area contributed by atoms with E-state index in [-0.39, 0.29) is 24.5 Å². The minimum Gasteiger partial charge on any atom is -0.456 e. The van der Waals surface area contributed by atoms with E-state index in [9.17, 15) is 14.4 Å². The van der Waals surface area contributed by atoms with Gasteiger partial charge in [-0.2, -0.15) is 5.26 Å². The molecule has 2 rings (SSSR count). The van der Waals surface area contributed by atoms with Crippen LogP contribution in [0.3, 0.4) is 0 Å². The van der Waals surface area contributed by atoms with Gasteiger partial charge >= 0.3 is 5.97 Å². The molecule has 0 bridgehead atoms. The third kappa shape index (κ3) is 4.69. The van der Waals surface area contributed by atoms with Crippen molar-refractivity contribution in [3.63, 3.8) is 0 Å². The summed E-state index contributed by atoms with van der Waals surface area (Å²) in [6.07, 6.45) is 3.55. The van der Waals surface area contributed by atoms with Gasteiger partial charge in [-0.25, -0.2) is 0 Å². The number of amides is 1. The number of esters is 1. The highest BCUT2D eigenvalue weighted by Crippen LogP contribution is 2.15. The van der Waals surface area contributed by atoms with Crippen molar-refractivity contribution in [1.82, 2.24) is 9.88 Å². The van der Waals surface area contributed by atoms with E-state index in [1.54, 1.807) is 18.7 Å². The predicted molar refractivity (Wildman–Crippen MR) is 91.0 cm³/mol. The number of ether oxygens (including phenoxy) is 1. The van der Waals surface area contributed by atoms with Crippen LogP contribution in [0.25, 0.3) is 0 Å². The summed E-state index contributed by atoms with van der Waals surface area (Å²) < 4.78 is 5.07. The molecular weight excluding hydrogens is 322 g/mol. The van der Waals surface area contributed by atoms with Crippen LogP contribution in [0.2, 0.25) is 0 Å². The van der Waals surface area contributed by atoms with E-state index >= 15 is 0 Å². The Hall–Kier alpha value is -2.62. The predicted octanol–water partition coefficient (Wildman–Crippen LogP) is 1.35. The van der Waals surface area contributed by atoms with Crippen LogP contribution >= 0.6 is 0 Å². The summed E-state index contributed by atoms with van der Waals surface area (Å²) in [4.78, 5) is 39.9. The van der Waals surface area contributed by atoms with Crippen LogP contribution < -0.4 is 5.56 Å². The maximum atomic E-state index is 12.0. The molecule has 1 aromatic heterocycles. The largest absolute Gasteiger partial charge is 0.456 e. The van der Waals surface area contributed by atoms with Gasteiger partial charge in [-0.05, 0) is 50.7 Å². The zero-order valence-electron chi connectivity index (χ0n) is 14.7. The highest BCUT2D eigenvalue weighted by molar-refractivity contribution is 5.80. The Balaban J connectivity index is 1.89. The van der Waals surface area contributed by atoms with Crippen molar-refractivity contribution < 1.29 is 14.3 Å². The van der Waals surface area contributed by atoms with Crippen LogP contribution in [0.4, 0.5) is 0 Å². The SMILES string of the molecule is Cc1[nH]c(=O)c(C#N)c(C)c1CCC(=O)OCC(=O)N1CCCCC1. The maximum Gasteiger partial charge on any atom is 0.306 e. The van der Waals surface area contributed by atoms with Crippen molar-refractivity contribution in [3.8, 4) is 6.07 Å². The first-order chi connectivity index (χ1) is 11.9. The first-order valence-corrected chi connectivity index (χ1v) is 8.50. The van der Waals surface area contributed by atoms with Crippen LogP contribution in [0, 0.1) is 25.2 Å². The van der Waals surface area contributed by atoms with Gasteiger partial charge in [0.05, 0.1) is 0 Å². The Morgan fingerprint density at radius 3 is 2.56 bits per heavy atom. The van der Waals surface area contributed by atoms with E-state index in [1.165, 1.54) is 0 Å². The molecule has 0 aromatic carbocycles. The fourth-order valence-corrected chi connectivity index (χ4v) is 3.10. The van der Waals surface area contributed by atoms with Gasteiger partial charge in [-0.15, -0.1) is 0 Å². The quantitative estimate of drug-likeness (QED) is 0.811. The normalized spacial score (nSPS) is 14.0. The number of pyridine rings is 1. The highest BCUT2D eigenvalue weighted by Gasteiger charge is 2.18. The van der Waals surface area contributed by atoms with E-state index in [0.717, 1.165) is 37.9 Å². The van der Waals surface area contributed by atoms with Gasteiger partial charge in [-0.1, -0.05) is 0 Å². The number of likely N-dealkylation sites (tertiary alicyclic amines) is 1. The second-order valence-corrected chi connectivity index (χ2v) is 6.27. The van der Waals surface area contributed by atoms with Gasteiger partial charge in [0, 0.05) is 25.2 Å². The number of aromatic nitrogens is 1. The van der Waals surface area contributed by atoms with Crippen LogP contribution in [-0.2, 0) is 20.7 Å². The molecule has 0 spiro atoms. The van der Waals surface area contributed by atoms with E-state index in [4.69, 9.17) is 10.00 Å². The Bertz CT molecular complexity index is 755. The molecule has 0 saturated carbocycles. The summed E-state index contributed by atoms with van der Waals surface area (Å²) in [7, 11) is 0. The summed E-state index contributed by atoms with van der Waals surface area (Å²) in [5.74, 6) is -0.620. The van der Waals surface area contributed by atoms with Gasteiger partial charge < -0.3 is 14.6 Å². The number of nitriles is 1. The number of hydrogen-bond acceptors (Lipinski definition) is 5. The van der Waals surface area contributed by atoms with Crippen molar-refractivity contribution in [2.45, 2.75) is 46.0 Å². The average Bonchev–Trinajstić information content (AvgIpc) is 2.60. The molecule has 0 aliphatic carbocycles. The molecule has 1 aromatic rings. The topological polar surface area (TPSA) is 103 Å². The smallest absolute Gasteiger partial charge is 0.306 e. The molecule has 7 nitrogen and oxygen atoms in total. The minimum atomic E-state index is -0.464. The number of carbonyl (C=O) groups excluding carboxylic acids is 2. The van der Waals surface area contributed by atoms with E-state index in [1.807, 2.05) is 6.07 Å². The number of carbonyl (C=O) groups is 2. The van der Waals surface area contributed by atoms with Gasteiger partial charge in [-0.3, -0.25) is 14.4 Å². The number of aryl methyl sites for hydroxylation is 1. The first kappa shape index (κ1) is 18.7. The Labute approximate surface area is 146 Å². The number of H-pyrrole nitrogens is 1. The standard InChI is InChI=1S/C18H23N3O4/c1-12-14(13(2)20-18(24)15(12)10-19)6-7-17(23)25-11-16(22)21-8-4-3-5-9-21/h3-9,11H2,1-2H3,(H,20,24). The number of nitrogens with zero attached hydrogens (tertiary/aromatic N) is 2. The summed E-state index contributed by atoms with van der Waals surface area (Å²) in [5.41, 5.74) is 1.63. The van der Waals surface area contributed by atoms with Crippen molar-refractivity contribution in [2.24, 2.45) is 0 Å². The van der Waals surface area contributed by atoms with Gasteiger partial charge in [0.1, 0.15) is 11.6 Å². The minimum absolute atomic E-state index is 0.0641. The monoisotopic (exact) mass is 345 g/mol. The van der Waals surface area contributed by atoms with E-state index in [0.29, 0.717) is 17.7 Å². The summed E-state index contributed by atoms with van der Waals surface area (Å²) in [5, 5.41) is 9.06. The molecule has 1 aliphatic rings. The Kier molecular flexibility index (Phi) is 6.34. The summed E-state index contributed by atoms with van der Waals surface area (Å²) in [6.45, 7) is 4.65. The number of nitrogens with one attached hydrogen (secondary N) is 1. The Morgan fingerprint density at radius 1 is 1.24 bits per heavy atom. The van der Waals surface area contributed by atoms with Gasteiger partial charge in [0.25, 0.3) is 11.5 Å². The lowest BCUT2D eigenvalue weighted by Gasteiger charge is -2.26. The molecule has 1 saturated heterocycles. The van der Waals surface area contributed by atoms with Gasteiger partial charge in [0.15, 0.2) is 6.61 Å². The zero-order chi connectivity index (χ0) is 18.4. The van der Waals surface area contributed by atoms with Crippen molar-refractivity contribution in [3.05, 3.63) is 32.7 Å². The van der Waals surface area contributed by atoms with Crippen LogP contribution in [0.5, 0.6) is 0 Å². The molecule has 1 aliphatic heterocycles. The fraction of sp³-hybridized carbons (Fsp3) is 0.556. The van der Waals surface area contributed by atoms with E-state index < -0.39 is 11.5 Å². The molecule has 0 radical (unpaired) electrons. The van der Waals surface area contributed by atoms with Crippen molar-refractivity contribution in [2.75, 3.05) is 19.7 Å². The number of hydrogen-bond donors (Lipinski definition) is 1. The molecular formula is C18H23N3O4. The van der Waals surface area contributed by atoms with Crippen LogP contribution in [0.15, 0.2) is 4.79 Å². The lowest BCUT2D eigenvalue weighted by molar-refractivity contribution is -0.152. The molecule has 2 heterocycles. The maximum absolute atomic E-state index is 12.0. The first-order valence-electron chi connectivity index (χ1n) is 8.50. The molecule has 1 fully saturated rings. The number of aromatic amines is 1. The molecule has 0 unspecified atom stereocenters. The van der Waals surface area contributed by atoms with Crippen molar-refractivity contribution >= 4 is 11.9 Å². The van der Waals surface area contributed by atoms with Gasteiger partial charge in [0.2, 0.25) is 0 Å². The van der Waals surface area contributed by atoms with Crippen LogP contribution in [-0.4, -0.2) is 41.5 Å². The molecule has 1 amide bonds. The summed E-state index contributed by atoms with van der Waals surface area (Å²) >= 11 is 0. The third-order valence-corrected chi connectivity index (χ3v) is 4.56. The van der Waals surface area contributed by atoms with Crippen molar-refractivity contribution in [1.29, 1.82) is 5.26 Å². The fourth-order valence-electron chi connectivity index (χ4n) is 3.10. The second kappa shape index (κ2) is 8.47. The zero-order valence-corrected chi connectivity index (χ0v) is 14.7. The molecule has 7 heteroatoms. The molecule has 1 N–H and O–H groups in total. The second-order valence-electron chi connectivity index (χ2n) is 6.27. The summed E-state index contributed by atoms with van der Waals surface area (Å²) in [6, 6.07) is 1.89. The molecule has 0 atom stereocenters. The van der Waals surface area contributed by atoms with E-state index in [2.05, 4.69) is 4.98 Å². The average molecular weight is 345 g/mol. The number of rotatable bonds is 5. The lowest BCUT2D eigenvalue weighted by Crippen LogP contribution is -2.38. The Morgan fingerprint density at radius 2 is 1.92 bits per heavy atom. The molecule has 134 valence electrons. The number of piperidine rings is 1.